The second kappa shape index (κ2) is 4.74. The van der Waals surface area contributed by atoms with Gasteiger partial charge >= 0.3 is 0 Å². The Morgan fingerprint density at radius 3 is 2.70 bits per heavy atom. The molecule has 2 aromatic rings. The van der Waals surface area contributed by atoms with Gasteiger partial charge < -0.3 is 14.2 Å². The minimum atomic E-state index is 0.906. The molecule has 0 N–H and O–H groups in total. The maximum atomic E-state index is 6.12. The molecule has 1 fully saturated rings. The number of aryl methyl sites for hydroxylation is 2. The Bertz CT molecular complexity index is 628. The highest BCUT2D eigenvalue weighted by molar-refractivity contribution is 5.87. The highest BCUT2D eigenvalue weighted by atomic mass is 16.3. The molecule has 1 aliphatic carbocycles. The van der Waals surface area contributed by atoms with Gasteiger partial charge in [-0.1, -0.05) is 0 Å². The maximum Gasteiger partial charge on any atom is 0.195 e. The van der Waals surface area contributed by atoms with Crippen molar-refractivity contribution in [2.24, 2.45) is 0 Å². The molecule has 0 spiro atoms. The van der Waals surface area contributed by atoms with Gasteiger partial charge in [0.1, 0.15) is 17.6 Å². The lowest BCUT2D eigenvalue weighted by molar-refractivity contribution is 0.312. The van der Waals surface area contributed by atoms with Crippen molar-refractivity contribution in [2.45, 2.75) is 25.7 Å². The smallest absolute Gasteiger partial charge is 0.195 e. The van der Waals surface area contributed by atoms with Crippen molar-refractivity contribution in [1.82, 2.24) is 14.9 Å². The summed E-state index contributed by atoms with van der Waals surface area (Å²) in [5.41, 5.74) is 3.27. The third-order valence-corrected chi connectivity index (χ3v) is 4.52. The first-order valence-electron chi connectivity index (χ1n) is 7.51. The summed E-state index contributed by atoms with van der Waals surface area (Å²) in [6.45, 7) is 4.17. The number of aromatic nitrogens is 2. The summed E-state index contributed by atoms with van der Waals surface area (Å²) in [5, 5.41) is 0. The van der Waals surface area contributed by atoms with Gasteiger partial charge in [-0.05, 0) is 26.3 Å². The highest BCUT2D eigenvalue weighted by Crippen LogP contribution is 2.34. The molecule has 20 heavy (non-hydrogen) atoms. The van der Waals surface area contributed by atoms with Crippen LogP contribution in [0.5, 0.6) is 0 Å². The van der Waals surface area contributed by atoms with Crippen molar-refractivity contribution in [3.8, 4) is 0 Å². The summed E-state index contributed by atoms with van der Waals surface area (Å²) < 4.78 is 6.12. The zero-order valence-electron chi connectivity index (χ0n) is 11.9. The van der Waals surface area contributed by atoms with Gasteiger partial charge in [0.2, 0.25) is 0 Å². The van der Waals surface area contributed by atoms with Crippen LogP contribution in [0, 0.1) is 0 Å². The molecule has 3 heterocycles. The Hall–Kier alpha value is -1.62. The van der Waals surface area contributed by atoms with Crippen molar-refractivity contribution in [2.75, 3.05) is 38.1 Å². The fraction of sp³-hybridized carbons (Fsp3) is 0.600. The SMILES string of the molecule is CN1CCN(c2ncnc3c4c(oc23)CCCC4)CC1. The van der Waals surface area contributed by atoms with Crippen LogP contribution in [0.2, 0.25) is 0 Å². The molecule has 1 saturated heterocycles. The zero-order valence-corrected chi connectivity index (χ0v) is 11.9. The standard InChI is InChI=1S/C15H20N4O/c1-18-6-8-19(9-7-18)15-14-13(16-10-17-15)11-4-2-3-5-12(11)20-14/h10H,2-9H2,1H3. The lowest BCUT2D eigenvalue weighted by Gasteiger charge is -2.32. The van der Waals surface area contributed by atoms with Crippen LogP contribution in [0.1, 0.15) is 24.2 Å². The Morgan fingerprint density at radius 1 is 1.05 bits per heavy atom. The van der Waals surface area contributed by atoms with E-state index in [4.69, 9.17) is 4.42 Å². The molecule has 106 valence electrons. The van der Waals surface area contributed by atoms with Crippen molar-refractivity contribution in [1.29, 1.82) is 0 Å². The Labute approximate surface area is 118 Å². The average molecular weight is 272 g/mol. The minimum absolute atomic E-state index is 0.906. The number of hydrogen-bond donors (Lipinski definition) is 0. The van der Waals surface area contributed by atoms with E-state index in [0.29, 0.717) is 0 Å². The molecule has 4 rings (SSSR count). The van der Waals surface area contributed by atoms with Gasteiger partial charge in [0.25, 0.3) is 0 Å². The Kier molecular flexibility index (Phi) is 2.88. The predicted molar refractivity (Wildman–Crippen MR) is 78.2 cm³/mol. The molecule has 2 aromatic heterocycles. The fourth-order valence-electron chi connectivity index (χ4n) is 3.28. The van der Waals surface area contributed by atoms with Crippen LogP contribution in [0.25, 0.3) is 11.1 Å². The molecule has 0 radical (unpaired) electrons. The first kappa shape index (κ1) is 12.1. The number of nitrogens with zero attached hydrogens (tertiary/aromatic N) is 4. The molecule has 2 aliphatic rings. The molecule has 1 aliphatic heterocycles. The number of rotatable bonds is 1. The monoisotopic (exact) mass is 272 g/mol. The van der Waals surface area contributed by atoms with Crippen LogP contribution >= 0.6 is 0 Å². The van der Waals surface area contributed by atoms with E-state index in [9.17, 15) is 0 Å². The van der Waals surface area contributed by atoms with Gasteiger partial charge in [0.05, 0.1) is 0 Å². The molecule has 0 bridgehead atoms. The lowest BCUT2D eigenvalue weighted by atomic mass is 9.98. The molecule has 0 saturated carbocycles. The van der Waals surface area contributed by atoms with E-state index in [-0.39, 0.29) is 0 Å². The largest absolute Gasteiger partial charge is 0.455 e. The molecule has 0 unspecified atom stereocenters. The van der Waals surface area contributed by atoms with E-state index in [0.717, 1.165) is 61.7 Å². The molecule has 0 atom stereocenters. The van der Waals surface area contributed by atoms with Crippen LogP contribution in [0.4, 0.5) is 5.82 Å². The third-order valence-electron chi connectivity index (χ3n) is 4.52. The minimum Gasteiger partial charge on any atom is -0.455 e. The molecule has 0 aromatic carbocycles. The number of fused-ring (bicyclic) bond motifs is 3. The topological polar surface area (TPSA) is 45.4 Å². The van der Waals surface area contributed by atoms with Crippen molar-refractivity contribution < 1.29 is 4.42 Å². The average Bonchev–Trinajstić information content (AvgIpc) is 2.87. The van der Waals surface area contributed by atoms with Gasteiger partial charge in [-0.2, -0.15) is 0 Å². The second-order valence-electron chi connectivity index (χ2n) is 5.88. The highest BCUT2D eigenvalue weighted by Gasteiger charge is 2.24. The Morgan fingerprint density at radius 2 is 1.85 bits per heavy atom. The molecule has 5 nitrogen and oxygen atoms in total. The van der Waals surface area contributed by atoms with E-state index in [1.54, 1.807) is 6.33 Å². The van der Waals surface area contributed by atoms with Crippen LogP contribution in [-0.2, 0) is 12.8 Å². The van der Waals surface area contributed by atoms with Crippen molar-refractivity contribution in [3.05, 3.63) is 17.7 Å². The van der Waals surface area contributed by atoms with Crippen LogP contribution in [0.3, 0.4) is 0 Å². The lowest BCUT2D eigenvalue weighted by Crippen LogP contribution is -2.44. The normalized spacial score (nSPS) is 20.4. The van der Waals surface area contributed by atoms with Gasteiger partial charge in [-0.25, -0.2) is 9.97 Å². The molecular weight excluding hydrogens is 252 g/mol. The number of furan rings is 1. The number of piperazine rings is 1. The summed E-state index contributed by atoms with van der Waals surface area (Å²) in [7, 11) is 2.17. The first-order chi connectivity index (χ1) is 9.83. The van der Waals surface area contributed by atoms with E-state index < -0.39 is 0 Å². The summed E-state index contributed by atoms with van der Waals surface area (Å²) >= 11 is 0. The van der Waals surface area contributed by atoms with Gasteiger partial charge in [0.15, 0.2) is 11.4 Å². The van der Waals surface area contributed by atoms with Crippen molar-refractivity contribution >= 4 is 16.9 Å². The number of likely N-dealkylation sites (N-methyl/N-ethyl adjacent to an activating group) is 1. The quantitative estimate of drug-likeness (QED) is 0.793. The van der Waals surface area contributed by atoms with Gasteiger partial charge in [0, 0.05) is 38.2 Å². The van der Waals surface area contributed by atoms with E-state index in [1.165, 1.54) is 18.4 Å². The van der Waals surface area contributed by atoms with Crippen LogP contribution < -0.4 is 4.90 Å². The van der Waals surface area contributed by atoms with Gasteiger partial charge in [-0.15, -0.1) is 0 Å². The summed E-state index contributed by atoms with van der Waals surface area (Å²) in [6, 6.07) is 0. The summed E-state index contributed by atoms with van der Waals surface area (Å²) in [5.74, 6) is 2.12. The second-order valence-corrected chi connectivity index (χ2v) is 5.88. The van der Waals surface area contributed by atoms with Crippen LogP contribution in [-0.4, -0.2) is 48.1 Å². The van der Waals surface area contributed by atoms with E-state index in [1.807, 2.05) is 0 Å². The summed E-state index contributed by atoms with van der Waals surface area (Å²) in [6.07, 6.45) is 6.31. The predicted octanol–water partition coefficient (Wildman–Crippen LogP) is 1.85. The third kappa shape index (κ3) is 1.88. The fourth-order valence-corrected chi connectivity index (χ4v) is 3.28. The van der Waals surface area contributed by atoms with E-state index in [2.05, 4.69) is 26.8 Å². The van der Waals surface area contributed by atoms with E-state index >= 15 is 0 Å². The number of anilines is 1. The molecular formula is C15H20N4O. The van der Waals surface area contributed by atoms with Crippen molar-refractivity contribution in [3.63, 3.8) is 0 Å². The number of hydrogen-bond acceptors (Lipinski definition) is 5. The van der Waals surface area contributed by atoms with Gasteiger partial charge in [-0.3, -0.25) is 0 Å². The summed E-state index contributed by atoms with van der Waals surface area (Å²) in [4.78, 5) is 13.7. The first-order valence-corrected chi connectivity index (χ1v) is 7.51. The maximum absolute atomic E-state index is 6.12. The Balaban J connectivity index is 1.78. The molecule has 0 amide bonds. The molecule has 5 heteroatoms. The van der Waals surface area contributed by atoms with Crippen LogP contribution in [0.15, 0.2) is 10.7 Å². The zero-order chi connectivity index (χ0) is 13.5.